The number of benzene rings is 2. The quantitative estimate of drug-likeness (QED) is 0.748. The maximum Gasteiger partial charge on any atom is 0.261 e. The lowest BCUT2D eigenvalue weighted by Crippen LogP contribution is -2.50. The largest absolute Gasteiger partial charge is 0.484 e. The topological polar surface area (TPSA) is 59.4 Å². The van der Waals surface area contributed by atoms with Crippen molar-refractivity contribution in [2.75, 3.05) is 26.2 Å². The Kier molecular flexibility index (Phi) is 5.98. The Morgan fingerprint density at radius 2 is 2.07 bits per heavy atom. The van der Waals surface area contributed by atoms with Gasteiger partial charge in [0, 0.05) is 39.1 Å². The van der Waals surface area contributed by atoms with Crippen LogP contribution in [0.25, 0.3) is 10.8 Å². The Balaban J connectivity index is 0.00000210. The fourth-order valence-corrected chi connectivity index (χ4v) is 3.42. The van der Waals surface area contributed by atoms with Gasteiger partial charge in [-0.3, -0.25) is 4.79 Å². The third kappa shape index (κ3) is 4.07. The van der Waals surface area contributed by atoms with E-state index in [0.717, 1.165) is 23.1 Å². The standard InChI is InChI=1S/C20H22N4O2.ClH/c1-23-10-9-22-20(23)18-13-21-8-11-24(18)19(25)14-26-17-7-6-15-4-2-3-5-16(15)12-17;/h2-7,9-10,12,18,21H,8,11,13-14H2,1H3;1H. The number of nitrogens with zero attached hydrogens (tertiary/aromatic N) is 3. The predicted molar refractivity (Wildman–Crippen MR) is 107 cm³/mol. The molecule has 0 bridgehead atoms. The lowest BCUT2D eigenvalue weighted by molar-refractivity contribution is -0.137. The van der Waals surface area contributed by atoms with Crippen LogP contribution in [0.2, 0.25) is 0 Å². The van der Waals surface area contributed by atoms with Crippen molar-refractivity contribution in [2.45, 2.75) is 6.04 Å². The Hall–Kier alpha value is -2.57. The normalized spacial score (nSPS) is 16.8. The van der Waals surface area contributed by atoms with Crippen molar-refractivity contribution in [3.63, 3.8) is 0 Å². The van der Waals surface area contributed by atoms with Crippen molar-refractivity contribution in [3.05, 3.63) is 60.7 Å². The van der Waals surface area contributed by atoms with E-state index < -0.39 is 0 Å². The van der Waals surface area contributed by atoms with Crippen LogP contribution in [0.5, 0.6) is 5.75 Å². The monoisotopic (exact) mass is 386 g/mol. The van der Waals surface area contributed by atoms with Crippen LogP contribution in [-0.4, -0.2) is 46.6 Å². The van der Waals surface area contributed by atoms with Crippen LogP contribution in [0.4, 0.5) is 0 Å². The molecule has 4 rings (SSSR count). The number of carbonyl (C=O) groups excluding carboxylic acids is 1. The van der Waals surface area contributed by atoms with Gasteiger partial charge < -0.3 is 19.5 Å². The zero-order chi connectivity index (χ0) is 17.9. The first kappa shape index (κ1) is 19.2. The Morgan fingerprint density at radius 1 is 1.26 bits per heavy atom. The minimum Gasteiger partial charge on any atom is -0.484 e. The zero-order valence-corrected chi connectivity index (χ0v) is 16.0. The van der Waals surface area contributed by atoms with E-state index in [2.05, 4.69) is 16.4 Å². The summed E-state index contributed by atoms with van der Waals surface area (Å²) in [6, 6.07) is 13.9. The number of imidazole rings is 1. The molecule has 3 aromatic rings. The van der Waals surface area contributed by atoms with Crippen molar-refractivity contribution in [1.82, 2.24) is 19.8 Å². The SMILES string of the molecule is Cl.Cn1ccnc1C1CNCCN1C(=O)COc1ccc2ccccc2c1. The highest BCUT2D eigenvalue weighted by Gasteiger charge is 2.30. The van der Waals surface area contributed by atoms with Gasteiger partial charge in [0.15, 0.2) is 6.61 Å². The maximum atomic E-state index is 12.8. The summed E-state index contributed by atoms with van der Waals surface area (Å²) < 4.78 is 7.75. The van der Waals surface area contributed by atoms with Gasteiger partial charge in [0.05, 0.1) is 0 Å². The number of aromatic nitrogens is 2. The maximum absolute atomic E-state index is 12.8. The van der Waals surface area contributed by atoms with Crippen molar-refractivity contribution in [3.8, 4) is 5.75 Å². The lowest BCUT2D eigenvalue weighted by atomic mass is 10.1. The van der Waals surface area contributed by atoms with Gasteiger partial charge >= 0.3 is 0 Å². The van der Waals surface area contributed by atoms with Gasteiger partial charge in [0.2, 0.25) is 0 Å². The third-order valence-corrected chi connectivity index (χ3v) is 4.80. The highest BCUT2D eigenvalue weighted by molar-refractivity contribution is 5.85. The number of amides is 1. The fraction of sp³-hybridized carbons (Fsp3) is 0.300. The van der Waals surface area contributed by atoms with Crippen LogP contribution in [0.1, 0.15) is 11.9 Å². The molecule has 1 atom stereocenters. The van der Waals surface area contributed by atoms with E-state index in [1.165, 1.54) is 0 Å². The summed E-state index contributed by atoms with van der Waals surface area (Å²) in [4.78, 5) is 19.1. The number of aryl methyl sites for hydroxylation is 1. The van der Waals surface area contributed by atoms with Gasteiger partial charge in [0.1, 0.15) is 17.6 Å². The molecule has 142 valence electrons. The van der Waals surface area contributed by atoms with Gasteiger partial charge in [-0.25, -0.2) is 4.98 Å². The second kappa shape index (κ2) is 8.41. The van der Waals surface area contributed by atoms with E-state index >= 15 is 0 Å². The van der Waals surface area contributed by atoms with Gasteiger partial charge in [-0.2, -0.15) is 0 Å². The predicted octanol–water partition coefficient (Wildman–Crippen LogP) is 2.55. The molecular formula is C20H23ClN4O2. The van der Waals surface area contributed by atoms with Crippen LogP contribution in [0, 0.1) is 0 Å². The molecule has 1 unspecified atom stereocenters. The highest BCUT2D eigenvalue weighted by Crippen LogP contribution is 2.23. The first-order valence-corrected chi connectivity index (χ1v) is 8.81. The van der Waals surface area contributed by atoms with Gasteiger partial charge in [-0.15, -0.1) is 12.4 Å². The lowest BCUT2D eigenvalue weighted by Gasteiger charge is -2.35. The van der Waals surface area contributed by atoms with Crippen LogP contribution in [-0.2, 0) is 11.8 Å². The van der Waals surface area contributed by atoms with Crippen molar-refractivity contribution in [1.29, 1.82) is 0 Å². The number of hydrogen-bond acceptors (Lipinski definition) is 4. The number of fused-ring (bicyclic) bond motifs is 1. The summed E-state index contributed by atoms with van der Waals surface area (Å²) in [5, 5.41) is 5.60. The number of rotatable bonds is 4. The summed E-state index contributed by atoms with van der Waals surface area (Å²) in [6.45, 7) is 2.16. The van der Waals surface area contributed by atoms with Gasteiger partial charge in [-0.1, -0.05) is 30.3 Å². The van der Waals surface area contributed by atoms with Gasteiger partial charge in [0.25, 0.3) is 5.91 Å². The number of piperazine rings is 1. The molecule has 1 aromatic heterocycles. The molecule has 6 nitrogen and oxygen atoms in total. The van der Waals surface area contributed by atoms with E-state index in [1.54, 1.807) is 6.20 Å². The molecule has 0 radical (unpaired) electrons. The average molecular weight is 387 g/mol. The summed E-state index contributed by atoms with van der Waals surface area (Å²) >= 11 is 0. The third-order valence-electron chi connectivity index (χ3n) is 4.80. The number of nitrogens with one attached hydrogen (secondary N) is 1. The smallest absolute Gasteiger partial charge is 0.261 e. The Morgan fingerprint density at radius 3 is 2.85 bits per heavy atom. The fourth-order valence-electron chi connectivity index (χ4n) is 3.42. The molecular weight excluding hydrogens is 364 g/mol. The molecule has 7 heteroatoms. The number of hydrogen-bond donors (Lipinski definition) is 1. The molecule has 1 saturated heterocycles. The molecule has 0 spiro atoms. The van der Waals surface area contributed by atoms with Crippen LogP contribution < -0.4 is 10.1 Å². The molecule has 1 N–H and O–H groups in total. The van der Waals surface area contributed by atoms with Crippen LogP contribution in [0.15, 0.2) is 54.9 Å². The van der Waals surface area contributed by atoms with Crippen LogP contribution >= 0.6 is 12.4 Å². The molecule has 1 aliphatic rings. The average Bonchev–Trinajstić information content (AvgIpc) is 3.11. The minimum absolute atomic E-state index is 0. The molecule has 27 heavy (non-hydrogen) atoms. The van der Waals surface area contributed by atoms with Crippen molar-refractivity contribution >= 4 is 29.1 Å². The molecule has 2 heterocycles. The summed E-state index contributed by atoms with van der Waals surface area (Å²) in [5.74, 6) is 1.57. The number of halogens is 1. The molecule has 0 aliphatic carbocycles. The molecule has 1 amide bonds. The first-order valence-electron chi connectivity index (χ1n) is 8.81. The van der Waals surface area contributed by atoms with E-state index in [4.69, 9.17) is 4.74 Å². The molecule has 0 saturated carbocycles. The number of ether oxygens (including phenoxy) is 1. The van der Waals surface area contributed by atoms with Crippen molar-refractivity contribution < 1.29 is 9.53 Å². The van der Waals surface area contributed by atoms with Gasteiger partial charge in [-0.05, 0) is 22.9 Å². The van der Waals surface area contributed by atoms with E-state index in [1.807, 2.05) is 59.1 Å². The van der Waals surface area contributed by atoms with Crippen LogP contribution in [0.3, 0.4) is 0 Å². The second-order valence-electron chi connectivity index (χ2n) is 6.50. The molecule has 1 aliphatic heterocycles. The van der Waals surface area contributed by atoms with E-state index in [9.17, 15) is 4.79 Å². The summed E-state index contributed by atoms with van der Waals surface area (Å²) in [6.07, 6.45) is 3.66. The van der Waals surface area contributed by atoms with E-state index in [0.29, 0.717) is 18.8 Å². The second-order valence-corrected chi connectivity index (χ2v) is 6.50. The Bertz CT molecular complexity index is 927. The van der Waals surface area contributed by atoms with E-state index in [-0.39, 0.29) is 31.0 Å². The first-order chi connectivity index (χ1) is 12.7. The number of carbonyl (C=O) groups is 1. The minimum atomic E-state index is -0.0727. The Labute approximate surface area is 164 Å². The molecule has 2 aromatic carbocycles. The summed E-state index contributed by atoms with van der Waals surface area (Å²) in [5.41, 5.74) is 0. The summed E-state index contributed by atoms with van der Waals surface area (Å²) in [7, 11) is 1.95. The van der Waals surface area contributed by atoms with Crippen molar-refractivity contribution in [2.24, 2.45) is 7.05 Å². The highest BCUT2D eigenvalue weighted by atomic mass is 35.5. The molecule has 1 fully saturated rings. The zero-order valence-electron chi connectivity index (χ0n) is 15.2.